The zero-order valence-electron chi connectivity index (χ0n) is 17.4. The number of thioether (sulfide) groups is 1. The summed E-state index contributed by atoms with van der Waals surface area (Å²) < 4.78 is 0. The summed E-state index contributed by atoms with van der Waals surface area (Å²) in [6.07, 6.45) is 1.45. The lowest BCUT2D eigenvalue weighted by atomic mass is 10.1. The van der Waals surface area contributed by atoms with Crippen molar-refractivity contribution in [3.05, 3.63) is 98.4 Å². The molecule has 0 bridgehead atoms. The average Bonchev–Trinajstić information content (AvgIpc) is 3.06. The van der Waals surface area contributed by atoms with E-state index >= 15 is 0 Å². The van der Waals surface area contributed by atoms with E-state index in [0.29, 0.717) is 21.4 Å². The number of non-ortho nitro benzene ring substituents is 1. The zero-order chi connectivity index (χ0) is 22.8. The predicted molar refractivity (Wildman–Crippen MR) is 127 cm³/mol. The Morgan fingerprint density at radius 1 is 1.00 bits per heavy atom. The van der Waals surface area contributed by atoms with Crippen LogP contribution in [0.3, 0.4) is 0 Å². The molecule has 7 nitrogen and oxygen atoms in total. The van der Waals surface area contributed by atoms with Gasteiger partial charge in [0.05, 0.1) is 21.2 Å². The number of amides is 1. The zero-order valence-corrected chi connectivity index (χ0v) is 18.2. The van der Waals surface area contributed by atoms with E-state index in [1.54, 1.807) is 0 Å². The monoisotopic (exact) mass is 445 g/mol. The van der Waals surface area contributed by atoms with E-state index in [4.69, 9.17) is 0 Å². The third kappa shape index (κ3) is 4.40. The van der Waals surface area contributed by atoms with E-state index in [9.17, 15) is 20.0 Å². The number of carbonyl (C=O) groups excluding carboxylic acids is 1. The first-order chi connectivity index (χ1) is 15.3. The number of aryl methyl sites for hydroxylation is 2. The number of phenols is 1. The summed E-state index contributed by atoms with van der Waals surface area (Å²) in [6.45, 7) is 3.94. The van der Waals surface area contributed by atoms with Gasteiger partial charge in [-0.1, -0.05) is 35.4 Å². The van der Waals surface area contributed by atoms with Crippen molar-refractivity contribution in [2.24, 2.45) is 4.99 Å². The molecule has 1 aliphatic rings. The maximum atomic E-state index is 13.3. The number of benzene rings is 3. The topological polar surface area (TPSA) is 96.0 Å². The lowest BCUT2D eigenvalue weighted by Crippen LogP contribution is -2.28. The van der Waals surface area contributed by atoms with Crippen LogP contribution in [0.15, 0.2) is 76.6 Å². The molecule has 8 heteroatoms. The molecule has 32 heavy (non-hydrogen) atoms. The molecule has 4 rings (SSSR count). The van der Waals surface area contributed by atoms with Crippen LogP contribution in [-0.2, 0) is 4.79 Å². The van der Waals surface area contributed by atoms with E-state index in [1.165, 1.54) is 29.2 Å². The highest BCUT2D eigenvalue weighted by atomic mass is 32.2. The van der Waals surface area contributed by atoms with Crippen LogP contribution in [0.2, 0.25) is 0 Å². The SMILES string of the molecule is Cc1ccc(N=C2S/C(=C/c3cc([N+](=O)[O-])ccc3O)C(=O)N2c2ccc(C)cc2)cc1. The number of nitrogens with zero attached hydrogens (tertiary/aromatic N) is 3. The number of nitro groups is 1. The molecule has 160 valence electrons. The molecule has 1 fully saturated rings. The number of carbonyl (C=O) groups is 1. The van der Waals surface area contributed by atoms with Crippen LogP contribution in [-0.4, -0.2) is 21.1 Å². The van der Waals surface area contributed by atoms with Gasteiger partial charge in [0.2, 0.25) is 0 Å². The molecule has 0 radical (unpaired) electrons. The molecule has 1 N–H and O–H groups in total. The van der Waals surface area contributed by atoms with Crippen molar-refractivity contribution >= 4 is 46.0 Å². The highest BCUT2D eigenvalue weighted by Crippen LogP contribution is 2.38. The molecule has 1 heterocycles. The Hall–Kier alpha value is -3.91. The van der Waals surface area contributed by atoms with E-state index in [2.05, 4.69) is 4.99 Å². The molecule has 0 spiro atoms. The number of anilines is 1. The minimum Gasteiger partial charge on any atom is -0.507 e. The number of amidine groups is 1. The van der Waals surface area contributed by atoms with Gasteiger partial charge in [-0.25, -0.2) is 4.99 Å². The predicted octanol–water partition coefficient (Wildman–Crippen LogP) is 5.73. The lowest BCUT2D eigenvalue weighted by Gasteiger charge is -2.16. The van der Waals surface area contributed by atoms with Crippen LogP contribution < -0.4 is 4.90 Å². The Balaban J connectivity index is 1.79. The number of aliphatic imine (C=N–C) groups is 1. The van der Waals surface area contributed by atoms with E-state index in [-0.39, 0.29) is 22.9 Å². The second kappa shape index (κ2) is 8.68. The van der Waals surface area contributed by atoms with Crippen molar-refractivity contribution in [3.8, 4) is 5.75 Å². The smallest absolute Gasteiger partial charge is 0.271 e. The van der Waals surface area contributed by atoms with Gasteiger partial charge in [-0.3, -0.25) is 19.8 Å². The van der Waals surface area contributed by atoms with Crippen molar-refractivity contribution in [2.45, 2.75) is 13.8 Å². The molecule has 3 aromatic carbocycles. The Morgan fingerprint density at radius 3 is 2.25 bits per heavy atom. The van der Waals surface area contributed by atoms with Gasteiger partial charge >= 0.3 is 0 Å². The van der Waals surface area contributed by atoms with Gasteiger partial charge in [-0.15, -0.1) is 0 Å². The fourth-order valence-corrected chi connectivity index (χ4v) is 4.10. The number of rotatable bonds is 4. The summed E-state index contributed by atoms with van der Waals surface area (Å²) in [6, 6.07) is 18.8. The minimum absolute atomic E-state index is 0.151. The van der Waals surface area contributed by atoms with E-state index in [1.807, 2.05) is 62.4 Å². The molecule has 0 aromatic heterocycles. The second-order valence-corrected chi connectivity index (χ2v) is 8.33. The molecular weight excluding hydrogens is 426 g/mol. The molecule has 1 aliphatic heterocycles. The normalized spacial score (nSPS) is 16.2. The first kappa shape index (κ1) is 21.3. The molecule has 1 saturated heterocycles. The van der Waals surface area contributed by atoms with Gasteiger partial charge in [0.15, 0.2) is 5.17 Å². The highest BCUT2D eigenvalue weighted by molar-refractivity contribution is 8.19. The number of aromatic hydroxyl groups is 1. The van der Waals surface area contributed by atoms with Gasteiger partial charge in [0.1, 0.15) is 5.75 Å². The fraction of sp³-hybridized carbons (Fsp3) is 0.0833. The molecule has 0 aliphatic carbocycles. The molecule has 0 unspecified atom stereocenters. The number of phenolic OH excluding ortho intramolecular Hbond substituents is 1. The third-order valence-corrected chi connectivity index (χ3v) is 5.83. The second-order valence-electron chi connectivity index (χ2n) is 7.32. The fourth-order valence-electron chi connectivity index (χ4n) is 3.11. The van der Waals surface area contributed by atoms with Crippen molar-refractivity contribution < 1.29 is 14.8 Å². The van der Waals surface area contributed by atoms with Crippen molar-refractivity contribution in [3.63, 3.8) is 0 Å². The van der Waals surface area contributed by atoms with Gasteiger partial charge < -0.3 is 5.11 Å². The molecule has 3 aromatic rings. The Bertz CT molecular complexity index is 1270. The first-order valence-corrected chi connectivity index (χ1v) is 10.6. The number of nitro benzene ring substituents is 1. The Kier molecular flexibility index (Phi) is 5.79. The average molecular weight is 446 g/mol. The van der Waals surface area contributed by atoms with Crippen LogP contribution in [0.4, 0.5) is 17.1 Å². The standard InChI is InChI=1S/C24H19N3O4S/c1-15-3-7-18(8-4-15)25-24-26(19-9-5-16(2)6-10-19)23(29)22(32-24)14-17-13-20(27(30)31)11-12-21(17)28/h3-14,28H,1-2H3/b22-14+,25-24?. The van der Waals surface area contributed by atoms with Crippen molar-refractivity contribution in [1.82, 2.24) is 0 Å². The molecule has 0 saturated carbocycles. The summed E-state index contributed by atoms with van der Waals surface area (Å²) in [4.78, 5) is 30.4. The van der Waals surface area contributed by atoms with E-state index in [0.717, 1.165) is 22.9 Å². The van der Waals surface area contributed by atoms with Crippen molar-refractivity contribution in [2.75, 3.05) is 4.90 Å². The number of hydrogen-bond donors (Lipinski definition) is 1. The molecular formula is C24H19N3O4S. The number of hydrogen-bond acceptors (Lipinski definition) is 6. The van der Waals surface area contributed by atoms with Crippen LogP contribution >= 0.6 is 11.8 Å². The summed E-state index contributed by atoms with van der Waals surface area (Å²) in [5, 5.41) is 21.7. The molecule has 0 atom stereocenters. The lowest BCUT2D eigenvalue weighted by molar-refractivity contribution is -0.384. The Morgan fingerprint density at radius 2 is 1.62 bits per heavy atom. The van der Waals surface area contributed by atoms with Crippen molar-refractivity contribution in [1.29, 1.82) is 0 Å². The largest absolute Gasteiger partial charge is 0.507 e. The van der Waals surface area contributed by atoms with Crippen LogP contribution in [0.1, 0.15) is 16.7 Å². The Labute approximate surface area is 188 Å². The van der Waals surface area contributed by atoms with Gasteiger partial charge in [-0.2, -0.15) is 0 Å². The van der Waals surface area contributed by atoms with Crippen LogP contribution in [0.25, 0.3) is 6.08 Å². The summed E-state index contributed by atoms with van der Waals surface area (Å²) >= 11 is 1.15. The minimum atomic E-state index is -0.548. The van der Waals surface area contributed by atoms with E-state index < -0.39 is 4.92 Å². The quantitative estimate of drug-likeness (QED) is 0.314. The summed E-state index contributed by atoms with van der Waals surface area (Å²) in [5.41, 5.74) is 3.53. The van der Waals surface area contributed by atoms with Gasteiger partial charge in [0.25, 0.3) is 11.6 Å². The third-order valence-electron chi connectivity index (χ3n) is 4.87. The van der Waals surface area contributed by atoms with Crippen LogP contribution in [0.5, 0.6) is 5.75 Å². The maximum absolute atomic E-state index is 13.3. The van der Waals surface area contributed by atoms with Gasteiger partial charge in [0, 0.05) is 17.7 Å². The van der Waals surface area contributed by atoms with Crippen LogP contribution in [0, 0.1) is 24.0 Å². The highest BCUT2D eigenvalue weighted by Gasteiger charge is 2.35. The maximum Gasteiger partial charge on any atom is 0.271 e. The van der Waals surface area contributed by atoms with Gasteiger partial charge in [-0.05, 0) is 62.0 Å². The first-order valence-electron chi connectivity index (χ1n) is 9.75. The molecule has 1 amide bonds. The summed E-state index contributed by atoms with van der Waals surface area (Å²) in [5.74, 6) is -0.474. The summed E-state index contributed by atoms with van der Waals surface area (Å²) in [7, 11) is 0.